The minimum absolute atomic E-state index is 0.0127. The van der Waals surface area contributed by atoms with Crippen LogP contribution >= 0.6 is 0 Å². The Morgan fingerprint density at radius 2 is 1.94 bits per heavy atom. The lowest BCUT2D eigenvalue weighted by Crippen LogP contribution is -2.40. The molecule has 1 saturated carbocycles. The van der Waals surface area contributed by atoms with Crippen LogP contribution in [0.1, 0.15) is 57.4 Å². The Bertz CT molecular complexity index is 1220. The quantitative estimate of drug-likeness (QED) is 0.667. The van der Waals surface area contributed by atoms with Crippen LogP contribution in [-0.4, -0.2) is 37.8 Å². The Morgan fingerprint density at radius 1 is 1.12 bits per heavy atom. The number of aryl methyl sites for hydroxylation is 1. The molecule has 5 nitrogen and oxygen atoms in total. The molecule has 166 valence electrons. The first-order valence-corrected chi connectivity index (χ1v) is 11.2. The molecule has 1 fully saturated rings. The fourth-order valence-corrected chi connectivity index (χ4v) is 5.19. The molecule has 1 N–H and O–H groups in total. The molecule has 0 spiro atoms. The van der Waals surface area contributed by atoms with Gasteiger partial charge in [0.05, 0.1) is 17.8 Å². The van der Waals surface area contributed by atoms with Crippen LogP contribution in [-0.2, 0) is 20.0 Å². The number of fused-ring (bicyclic) bond motifs is 1. The molecule has 2 aromatic carbocycles. The fraction of sp³-hybridized carbons (Fsp3) is 0.385. The number of aromatic nitrogens is 2. The topological polar surface area (TPSA) is 58.4 Å². The molecule has 32 heavy (non-hydrogen) atoms. The number of halogens is 1. The molecule has 5 rings (SSSR count). The molecule has 1 aromatic heterocycles. The van der Waals surface area contributed by atoms with E-state index in [0.717, 1.165) is 52.8 Å². The van der Waals surface area contributed by atoms with Crippen LogP contribution in [0.25, 0.3) is 11.3 Å². The summed E-state index contributed by atoms with van der Waals surface area (Å²) in [4.78, 5) is 15.0. The second-order valence-corrected chi connectivity index (χ2v) is 9.17. The summed E-state index contributed by atoms with van der Waals surface area (Å²) in [6.07, 6.45) is 4.36. The number of carbonyl (C=O) groups excluding carboxylic acids is 1. The first-order valence-electron chi connectivity index (χ1n) is 11.2. The van der Waals surface area contributed by atoms with Gasteiger partial charge < -0.3 is 10.0 Å². The van der Waals surface area contributed by atoms with Crippen molar-refractivity contribution < 1.29 is 14.3 Å². The third-order valence-electron chi connectivity index (χ3n) is 7.25. The second kappa shape index (κ2) is 7.85. The SMILES string of the molecule is Cc1c(Cc2ccc(-c3ccn(C)n3)cc2F)cc2c(c1C)CN([C@H]1CCC[C@@H]1O)C2=O. The molecule has 6 heteroatoms. The molecule has 3 aromatic rings. The normalized spacial score (nSPS) is 20.3. The Balaban J connectivity index is 1.44. The summed E-state index contributed by atoms with van der Waals surface area (Å²) in [5.41, 5.74) is 6.98. The van der Waals surface area contributed by atoms with E-state index in [9.17, 15) is 14.3 Å². The second-order valence-electron chi connectivity index (χ2n) is 9.17. The lowest BCUT2D eigenvalue weighted by molar-refractivity contribution is 0.0479. The van der Waals surface area contributed by atoms with E-state index in [0.29, 0.717) is 24.1 Å². The number of amides is 1. The van der Waals surface area contributed by atoms with Crippen molar-refractivity contribution in [2.24, 2.45) is 7.05 Å². The Morgan fingerprint density at radius 3 is 2.59 bits per heavy atom. The highest BCUT2D eigenvalue weighted by Crippen LogP contribution is 2.36. The van der Waals surface area contributed by atoms with Crippen molar-refractivity contribution in [1.82, 2.24) is 14.7 Å². The van der Waals surface area contributed by atoms with E-state index in [1.807, 2.05) is 56.3 Å². The molecule has 2 aliphatic rings. The first kappa shape index (κ1) is 20.9. The van der Waals surface area contributed by atoms with E-state index in [-0.39, 0.29) is 17.8 Å². The van der Waals surface area contributed by atoms with Gasteiger partial charge in [0.2, 0.25) is 0 Å². The maximum Gasteiger partial charge on any atom is 0.254 e. The maximum absolute atomic E-state index is 15.0. The van der Waals surface area contributed by atoms with Crippen molar-refractivity contribution >= 4 is 5.91 Å². The van der Waals surface area contributed by atoms with Gasteiger partial charge in [-0.15, -0.1) is 0 Å². The van der Waals surface area contributed by atoms with Crippen molar-refractivity contribution in [2.45, 2.75) is 58.2 Å². The van der Waals surface area contributed by atoms with Crippen LogP contribution in [0.15, 0.2) is 36.5 Å². The Labute approximate surface area is 187 Å². The monoisotopic (exact) mass is 433 g/mol. The number of carbonyl (C=O) groups is 1. The van der Waals surface area contributed by atoms with E-state index in [1.54, 1.807) is 4.68 Å². The highest BCUT2D eigenvalue weighted by molar-refractivity contribution is 5.99. The third-order valence-corrected chi connectivity index (χ3v) is 7.25. The lowest BCUT2D eigenvalue weighted by Gasteiger charge is -2.26. The zero-order valence-corrected chi connectivity index (χ0v) is 18.7. The number of benzene rings is 2. The largest absolute Gasteiger partial charge is 0.391 e. The van der Waals surface area contributed by atoms with E-state index < -0.39 is 6.10 Å². The average molecular weight is 434 g/mol. The van der Waals surface area contributed by atoms with E-state index in [4.69, 9.17) is 0 Å². The van der Waals surface area contributed by atoms with Crippen molar-refractivity contribution in [1.29, 1.82) is 0 Å². The molecular weight excluding hydrogens is 405 g/mol. The van der Waals surface area contributed by atoms with Crippen molar-refractivity contribution in [3.05, 3.63) is 75.7 Å². The smallest absolute Gasteiger partial charge is 0.254 e. The summed E-state index contributed by atoms with van der Waals surface area (Å²) in [7, 11) is 1.84. The number of rotatable bonds is 4. The number of hydrogen-bond acceptors (Lipinski definition) is 3. The van der Waals surface area contributed by atoms with Crippen molar-refractivity contribution in [3.63, 3.8) is 0 Å². The molecule has 0 saturated heterocycles. The maximum atomic E-state index is 15.0. The first-order chi connectivity index (χ1) is 15.3. The molecular formula is C26H28FN3O2. The van der Waals surface area contributed by atoms with Crippen molar-refractivity contribution in [2.75, 3.05) is 0 Å². The zero-order valence-electron chi connectivity index (χ0n) is 18.7. The molecule has 1 amide bonds. The van der Waals surface area contributed by atoms with Crippen LogP contribution in [0.5, 0.6) is 0 Å². The molecule has 0 radical (unpaired) electrons. The van der Waals surface area contributed by atoms with Crippen molar-refractivity contribution in [3.8, 4) is 11.3 Å². The zero-order chi connectivity index (χ0) is 22.6. The fourth-order valence-electron chi connectivity index (χ4n) is 5.19. The van der Waals surface area contributed by atoms with Gasteiger partial charge in [0.25, 0.3) is 5.91 Å². The van der Waals surface area contributed by atoms with Crippen LogP contribution in [0.4, 0.5) is 4.39 Å². The average Bonchev–Trinajstić information content (AvgIpc) is 3.47. The van der Waals surface area contributed by atoms with Gasteiger partial charge >= 0.3 is 0 Å². The number of aliphatic hydroxyl groups is 1. The predicted octanol–water partition coefficient (Wildman–Crippen LogP) is 4.30. The standard InChI is InChI=1S/C26H28FN3O2/c1-15-16(2)21-14-30(24-5-4-6-25(24)31)26(32)20(21)12-19(15)11-17-7-8-18(13-22(17)27)23-9-10-29(3)28-23/h7-10,12-13,24-25,31H,4-6,11,14H2,1-3H3/t24-,25-/m0/s1. The summed E-state index contributed by atoms with van der Waals surface area (Å²) in [5.74, 6) is -0.283. The highest BCUT2D eigenvalue weighted by atomic mass is 19.1. The molecule has 0 unspecified atom stereocenters. The minimum Gasteiger partial charge on any atom is -0.391 e. The van der Waals surface area contributed by atoms with Gasteiger partial charge in [-0.2, -0.15) is 5.10 Å². The predicted molar refractivity (Wildman–Crippen MR) is 121 cm³/mol. The van der Waals surface area contributed by atoms with Gasteiger partial charge in [-0.05, 0) is 79.1 Å². The lowest BCUT2D eigenvalue weighted by atomic mass is 9.91. The molecule has 2 heterocycles. The van der Waals surface area contributed by atoms with E-state index in [1.165, 1.54) is 6.07 Å². The van der Waals surface area contributed by atoms with Gasteiger partial charge in [-0.1, -0.05) is 12.1 Å². The van der Waals surface area contributed by atoms with Gasteiger partial charge in [0.15, 0.2) is 0 Å². The summed E-state index contributed by atoms with van der Waals surface area (Å²) in [6.45, 7) is 4.64. The van der Waals surface area contributed by atoms with Gasteiger partial charge in [-0.25, -0.2) is 4.39 Å². The van der Waals surface area contributed by atoms with Crippen LogP contribution in [0, 0.1) is 19.7 Å². The Hall–Kier alpha value is -2.99. The van der Waals surface area contributed by atoms with Gasteiger partial charge in [0, 0.05) is 37.3 Å². The minimum atomic E-state index is -0.444. The summed E-state index contributed by atoms with van der Waals surface area (Å²) >= 11 is 0. The van der Waals surface area contributed by atoms with Gasteiger partial charge in [0.1, 0.15) is 5.82 Å². The van der Waals surface area contributed by atoms with Crippen LogP contribution in [0.2, 0.25) is 0 Å². The van der Waals surface area contributed by atoms with Gasteiger partial charge in [-0.3, -0.25) is 9.48 Å². The molecule has 0 bridgehead atoms. The van der Waals surface area contributed by atoms with Crippen LogP contribution in [0.3, 0.4) is 0 Å². The highest BCUT2D eigenvalue weighted by Gasteiger charge is 2.39. The number of aliphatic hydroxyl groups excluding tert-OH is 1. The Kier molecular flexibility index (Phi) is 5.13. The number of nitrogens with zero attached hydrogens (tertiary/aromatic N) is 3. The third kappa shape index (κ3) is 3.43. The van der Waals surface area contributed by atoms with Crippen LogP contribution < -0.4 is 0 Å². The summed E-state index contributed by atoms with van der Waals surface area (Å²) in [6, 6.07) is 8.93. The molecule has 1 aliphatic carbocycles. The molecule has 2 atom stereocenters. The molecule has 1 aliphatic heterocycles. The number of hydrogen-bond donors (Lipinski definition) is 1. The van der Waals surface area contributed by atoms with E-state index >= 15 is 0 Å². The van der Waals surface area contributed by atoms with E-state index in [2.05, 4.69) is 5.10 Å². The summed E-state index contributed by atoms with van der Waals surface area (Å²) in [5, 5.41) is 14.7. The summed E-state index contributed by atoms with van der Waals surface area (Å²) < 4.78 is 16.7.